The SMILES string of the molecule is Cc1cc(CC(=O)O)sc1-c1ccc(O)cc1. The van der Waals surface area contributed by atoms with Crippen LogP contribution >= 0.6 is 11.3 Å². The van der Waals surface area contributed by atoms with Crippen molar-refractivity contribution < 1.29 is 15.0 Å². The lowest BCUT2D eigenvalue weighted by Crippen LogP contribution is -1.97. The summed E-state index contributed by atoms with van der Waals surface area (Å²) in [5.74, 6) is -0.586. The van der Waals surface area contributed by atoms with Crippen LogP contribution in [0.15, 0.2) is 30.3 Å². The van der Waals surface area contributed by atoms with Gasteiger partial charge in [-0.2, -0.15) is 0 Å². The highest BCUT2D eigenvalue weighted by molar-refractivity contribution is 7.15. The molecule has 0 unspecified atom stereocenters. The molecule has 4 heteroatoms. The van der Waals surface area contributed by atoms with Crippen molar-refractivity contribution in [1.29, 1.82) is 0 Å². The standard InChI is InChI=1S/C13H12O3S/c1-8-6-11(7-12(15)16)17-13(8)9-2-4-10(14)5-3-9/h2-6,14H,7H2,1H3,(H,15,16). The molecule has 1 aromatic carbocycles. The van der Waals surface area contributed by atoms with Crippen LogP contribution in [0.4, 0.5) is 0 Å². The van der Waals surface area contributed by atoms with Gasteiger partial charge in [0.2, 0.25) is 0 Å². The predicted octanol–water partition coefficient (Wildman–Crippen LogP) is 3.06. The maximum atomic E-state index is 10.6. The number of carboxylic acid groups (broad SMARTS) is 1. The minimum Gasteiger partial charge on any atom is -0.508 e. The number of phenolic OH excluding ortho intramolecular Hbond substituents is 1. The molecule has 88 valence electrons. The molecule has 2 N–H and O–H groups in total. The Kier molecular flexibility index (Phi) is 3.15. The summed E-state index contributed by atoms with van der Waals surface area (Å²) >= 11 is 1.48. The summed E-state index contributed by atoms with van der Waals surface area (Å²) < 4.78 is 0. The zero-order valence-electron chi connectivity index (χ0n) is 9.30. The van der Waals surface area contributed by atoms with Gasteiger partial charge in [0.15, 0.2) is 0 Å². The molecule has 1 heterocycles. The molecule has 0 aliphatic heterocycles. The number of carbonyl (C=O) groups is 1. The molecule has 0 aliphatic carbocycles. The quantitative estimate of drug-likeness (QED) is 0.877. The van der Waals surface area contributed by atoms with Crippen molar-refractivity contribution in [3.8, 4) is 16.2 Å². The molecule has 3 nitrogen and oxygen atoms in total. The molecular formula is C13H12O3S. The lowest BCUT2D eigenvalue weighted by atomic mass is 10.1. The smallest absolute Gasteiger partial charge is 0.308 e. The second-order valence-corrected chi connectivity index (χ2v) is 4.98. The van der Waals surface area contributed by atoms with E-state index in [1.54, 1.807) is 12.1 Å². The second kappa shape index (κ2) is 4.59. The Balaban J connectivity index is 2.35. The van der Waals surface area contributed by atoms with Crippen molar-refractivity contribution >= 4 is 17.3 Å². The molecule has 17 heavy (non-hydrogen) atoms. The average molecular weight is 248 g/mol. The molecule has 2 aromatic rings. The van der Waals surface area contributed by atoms with Crippen molar-refractivity contribution in [2.75, 3.05) is 0 Å². The largest absolute Gasteiger partial charge is 0.508 e. The first-order chi connectivity index (χ1) is 8.06. The summed E-state index contributed by atoms with van der Waals surface area (Å²) in [7, 11) is 0. The van der Waals surface area contributed by atoms with Crippen LogP contribution in [0.2, 0.25) is 0 Å². The van der Waals surface area contributed by atoms with Crippen LogP contribution in [0, 0.1) is 6.92 Å². The number of aromatic hydroxyl groups is 1. The van der Waals surface area contributed by atoms with Crippen molar-refractivity contribution in [2.24, 2.45) is 0 Å². The highest BCUT2D eigenvalue weighted by Crippen LogP contribution is 2.33. The van der Waals surface area contributed by atoms with Crippen LogP contribution in [0.3, 0.4) is 0 Å². The van der Waals surface area contributed by atoms with E-state index in [4.69, 9.17) is 5.11 Å². The van der Waals surface area contributed by atoms with Gasteiger partial charge >= 0.3 is 5.97 Å². The molecule has 0 saturated heterocycles. The minimum absolute atomic E-state index is 0.0591. The van der Waals surface area contributed by atoms with E-state index in [9.17, 15) is 9.90 Å². The van der Waals surface area contributed by atoms with Gasteiger partial charge in [-0.15, -0.1) is 11.3 Å². The Hall–Kier alpha value is -1.81. The highest BCUT2D eigenvalue weighted by Gasteiger charge is 2.10. The Morgan fingerprint density at radius 3 is 2.53 bits per heavy atom. The van der Waals surface area contributed by atoms with Gasteiger partial charge in [-0.1, -0.05) is 0 Å². The summed E-state index contributed by atoms with van der Waals surface area (Å²) in [6.07, 6.45) is 0.0591. The fourth-order valence-electron chi connectivity index (χ4n) is 1.68. The summed E-state index contributed by atoms with van der Waals surface area (Å²) in [6.45, 7) is 1.96. The van der Waals surface area contributed by atoms with Crippen LogP contribution in [-0.4, -0.2) is 16.2 Å². The zero-order chi connectivity index (χ0) is 12.4. The molecular weight excluding hydrogens is 236 g/mol. The number of phenols is 1. The van der Waals surface area contributed by atoms with Crippen LogP contribution in [0.1, 0.15) is 10.4 Å². The van der Waals surface area contributed by atoms with Crippen LogP contribution in [0.5, 0.6) is 5.75 Å². The lowest BCUT2D eigenvalue weighted by molar-refractivity contribution is -0.136. The summed E-state index contributed by atoms with van der Waals surface area (Å²) in [5, 5.41) is 18.0. The Morgan fingerprint density at radius 1 is 1.29 bits per heavy atom. The molecule has 0 saturated carbocycles. The summed E-state index contributed by atoms with van der Waals surface area (Å²) in [4.78, 5) is 12.5. The molecule has 2 rings (SSSR count). The molecule has 0 amide bonds. The van der Waals surface area contributed by atoms with Gasteiger partial charge in [-0.05, 0) is 48.4 Å². The van der Waals surface area contributed by atoms with E-state index in [1.165, 1.54) is 11.3 Å². The van der Waals surface area contributed by atoms with Crippen molar-refractivity contribution in [3.05, 3.63) is 40.8 Å². The van der Waals surface area contributed by atoms with Crippen molar-refractivity contribution in [1.82, 2.24) is 0 Å². The number of hydrogen-bond acceptors (Lipinski definition) is 3. The van der Waals surface area contributed by atoms with Crippen LogP contribution < -0.4 is 0 Å². The zero-order valence-corrected chi connectivity index (χ0v) is 10.1. The highest BCUT2D eigenvalue weighted by atomic mass is 32.1. The van der Waals surface area contributed by atoms with Gasteiger partial charge in [0, 0.05) is 9.75 Å². The maximum absolute atomic E-state index is 10.6. The van der Waals surface area contributed by atoms with E-state index in [0.717, 1.165) is 20.9 Å². The maximum Gasteiger partial charge on any atom is 0.308 e. The molecule has 1 aromatic heterocycles. The van der Waals surface area contributed by atoms with E-state index < -0.39 is 5.97 Å². The first kappa shape index (κ1) is 11.7. The van der Waals surface area contributed by atoms with Gasteiger partial charge in [0.05, 0.1) is 6.42 Å². The van der Waals surface area contributed by atoms with Crippen molar-refractivity contribution in [3.63, 3.8) is 0 Å². The van der Waals surface area contributed by atoms with Crippen LogP contribution in [-0.2, 0) is 11.2 Å². The van der Waals surface area contributed by atoms with E-state index in [1.807, 2.05) is 25.1 Å². The minimum atomic E-state index is -0.816. The number of aryl methyl sites for hydroxylation is 1. The molecule has 0 spiro atoms. The Bertz CT molecular complexity index is 540. The van der Waals surface area contributed by atoms with Gasteiger partial charge in [-0.25, -0.2) is 0 Å². The Labute approximate surface area is 103 Å². The number of benzene rings is 1. The van der Waals surface area contributed by atoms with E-state index >= 15 is 0 Å². The van der Waals surface area contributed by atoms with E-state index in [2.05, 4.69) is 0 Å². The molecule has 0 aliphatic rings. The first-order valence-electron chi connectivity index (χ1n) is 5.17. The second-order valence-electron chi connectivity index (χ2n) is 3.84. The topological polar surface area (TPSA) is 57.5 Å². The van der Waals surface area contributed by atoms with Gasteiger partial charge in [0.1, 0.15) is 5.75 Å². The Morgan fingerprint density at radius 2 is 1.94 bits per heavy atom. The lowest BCUT2D eigenvalue weighted by Gasteiger charge is -1.99. The van der Waals surface area contributed by atoms with Gasteiger partial charge in [0.25, 0.3) is 0 Å². The van der Waals surface area contributed by atoms with E-state index in [-0.39, 0.29) is 12.2 Å². The third-order valence-corrected chi connectivity index (χ3v) is 3.71. The molecule has 0 fully saturated rings. The predicted molar refractivity (Wildman–Crippen MR) is 67.5 cm³/mol. The summed E-state index contributed by atoms with van der Waals surface area (Å²) in [6, 6.07) is 8.83. The number of hydrogen-bond donors (Lipinski definition) is 2. The van der Waals surface area contributed by atoms with Gasteiger partial charge < -0.3 is 10.2 Å². The van der Waals surface area contributed by atoms with Crippen molar-refractivity contribution in [2.45, 2.75) is 13.3 Å². The molecule has 0 atom stereocenters. The monoisotopic (exact) mass is 248 g/mol. The fourth-order valence-corrected chi connectivity index (χ4v) is 2.85. The van der Waals surface area contributed by atoms with Gasteiger partial charge in [-0.3, -0.25) is 4.79 Å². The molecule has 0 bridgehead atoms. The fraction of sp³-hybridized carbons (Fsp3) is 0.154. The first-order valence-corrected chi connectivity index (χ1v) is 5.98. The number of carboxylic acids is 1. The number of rotatable bonds is 3. The normalized spacial score (nSPS) is 10.4. The third-order valence-electron chi connectivity index (χ3n) is 2.42. The number of thiophene rings is 1. The third kappa shape index (κ3) is 2.65. The molecule has 0 radical (unpaired) electrons. The van der Waals surface area contributed by atoms with E-state index in [0.29, 0.717) is 0 Å². The number of aliphatic carboxylic acids is 1. The average Bonchev–Trinajstić information content (AvgIpc) is 2.59. The summed E-state index contributed by atoms with van der Waals surface area (Å²) in [5.41, 5.74) is 2.07. The van der Waals surface area contributed by atoms with Crippen LogP contribution in [0.25, 0.3) is 10.4 Å².